The highest BCUT2D eigenvalue weighted by molar-refractivity contribution is 6.13. The van der Waals surface area contributed by atoms with Gasteiger partial charge in [0.25, 0.3) is 0 Å². The van der Waals surface area contributed by atoms with E-state index in [0.29, 0.717) is 11.5 Å². The summed E-state index contributed by atoms with van der Waals surface area (Å²) in [6.07, 6.45) is 0. The van der Waals surface area contributed by atoms with Gasteiger partial charge in [0.05, 0.1) is 11.1 Å². The quantitative estimate of drug-likeness (QED) is 0.194. The van der Waals surface area contributed by atoms with E-state index in [4.69, 9.17) is 9.47 Å². The van der Waals surface area contributed by atoms with Crippen molar-refractivity contribution in [3.05, 3.63) is 164 Å². The van der Waals surface area contributed by atoms with Gasteiger partial charge in [0.1, 0.15) is 11.5 Å². The van der Waals surface area contributed by atoms with E-state index in [2.05, 4.69) is 126 Å². The van der Waals surface area contributed by atoms with Crippen molar-refractivity contribution in [2.45, 2.75) is 0 Å². The van der Waals surface area contributed by atoms with E-state index < -0.39 is 0 Å². The summed E-state index contributed by atoms with van der Waals surface area (Å²) < 4.78 is 13.3. The van der Waals surface area contributed by atoms with E-state index >= 15 is 0 Å². The molecule has 0 N–H and O–H groups in total. The third kappa shape index (κ3) is 4.21. The first-order valence-electron chi connectivity index (χ1n) is 15.2. The van der Waals surface area contributed by atoms with Crippen LogP contribution in [-0.2, 0) is 0 Å². The van der Waals surface area contributed by atoms with E-state index in [1.54, 1.807) is 0 Å². The van der Waals surface area contributed by atoms with Crippen LogP contribution >= 0.6 is 0 Å². The molecule has 212 valence electrons. The lowest BCUT2D eigenvalue weighted by molar-refractivity contribution is 0.440. The Balaban J connectivity index is 1.20. The predicted molar refractivity (Wildman–Crippen MR) is 186 cm³/mol. The van der Waals surface area contributed by atoms with Crippen molar-refractivity contribution in [2.75, 3.05) is 4.90 Å². The highest BCUT2D eigenvalue weighted by Crippen LogP contribution is 2.52. The summed E-state index contributed by atoms with van der Waals surface area (Å²) in [4.78, 5) is 2.24. The Morgan fingerprint density at radius 1 is 0.400 bits per heavy atom. The second-order valence-electron chi connectivity index (χ2n) is 11.3. The van der Waals surface area contributed by atoms with Gasteiger partial charge in [0.2, 0.25) is 0 Å². The third-order valence-electron chi connectivity index (χ3n) is 8.68. The molecule has 0 radical (unpaired) electrons. The van der Waals surface area contributed by atoms with Crippen LogP contribution in [-0.4, -0.2) is 0 Å². The minimum absolute atomic E-state index is 0.676. The fraction of sp³-hybridized carbons (Fsp3) is 0. The Bertz CT molecular complexity index is 2370. The smallest absolute Gasteiger partial charge is 0.193 e. The molecule has 0 saturated carbocycles. The lowest BCUT2D eigenvalue weighted by Gasteiger charge is -2.28. The first-order chi connectivity index (χ1) is 22.3. The Labute approximate surface area is 261 Å². The molecule has 8 aromatic carbocycles. The standard InChI is InChI=1S/C42H27NO2/c1-2-14-31(15-3-1)43(37-19-10-22-40-42(37)45-39-21-9-13-29-12-8-20-38(44-40)41(29)39)32-25-23-28(24-26-32)36-27-30-11-4-5-16-33(30)34-17-6-7-18-35(34)36/h1-27H. The van der Waals surface area contributed by atoms with E-state index in [-0.39, 0.29) is 0 Å². The maximum atomic E-state index is 6.75. The summed E-state index contributed by atoms with van der Waals surface area (Å²) in [6, 6.07) is 57.2. The van der Waals surface area contributed by atoms with Crippen molar-refractivity contribution < 1.29 is 9.47 Å². The van der Waals surface area contributed by atoms with Crippen LogP contribution in [0.25, 0.3) is 43.4 Å². The zero-order valence-electron chi connectivity index (χ0n) is 24.4. The van der Waals surface area contributed by atoms with Gasteiger partial charge in [-0.2, -0.15) is 0 Å². The molecule has 0 unspecified atom stereocenters. The largest absolute Gasteiger partial charge is 0.453 e. The van der Waals surface area contributed by atoms with E-state index in [1.807, 2.05) is 42.5 Å². The molecule has 0 spiro atoms. The molecule has 0 atom stereocenters. The minimum Gasteiger partial charge on any atom is -0.453 e. The van der Waals surface area contributed by atoms with Gasteiger partial charge >= 0.3 is 0 Å². The molecule has 0 bridgehead atoms. The summed E-state index contributed by atoms with van der Waals surface area (Å²) in [6.45, 7) is 0. The maximum Gasteiger partial charge on any atom is 0.193 e. The number of nitrogens with zero attached hydrogens (tertiary/aromatic N) is 1. The molecule has 3 heteroatoms. The van der Waals surface area contributed by atoms with Crippen LogP contribution in [0.2, 0.25) is 0 Å². The normalized spacial score (nSPS) is 11.9. The number of para-hydroxylation sites is 2. The molecule has 9 rings (SSSR count). The molecule has 1 heterocycles. The number of rotatable bonds is 4. The SMILES string of the molecule is c1ccc(N(c2ccc(-c3cc4ccccc4c4ccccc34)cc2)c2cccc3c2Oc2cccc4cccc(c24)O3)cc1. The van der Waals surface area contributed by atoms with Gasteiger partial charge < -0.3 is 14.4 Å². The molecule has 45 heavy (non-hydrogen) atoms. The topological polar surface area (TPSA) is 21.7 Å². The average Bonchev–Trinajstić information content (AvgIpc) is 3.27. The van der Waals surface area contributed by atoms with Gasteiger partial charge in [-0.05, 0) is 92.7 Å². The van der Waals surface area contributed by atoms with Gasteiger partial charge in [-0.1, -0.05) is 109 Å². The Hall–Kier alpha value is -6.06. The molecule has 0 fully saturated rings. The summed E-state index contributed by atoms with van der Waals surface area (Å²) in [5.41, 5.74) is 5.33. The molecular weight excluding hydrogens is 550 g/mol. The molecule has 3 nitrogen and oxygen atoms in total. The lowest BCUT2D eigenvalue weighted by atomic mass is 9.93. The fourth-order valence-electron chi connectivity index (χ4n) is 6.62. The molecule has 1 aliphatic rings. The van der Waals surface area contributed by atoms with Crippen molar-refractivity contribution in [3.63, 3.8) is 0 Å². The van der Waals surface area contributed by atoms with Crippen LogP contribution in [0.4, 0.5) is 17.1 Å². The number of hydrogen-bond acceptors (Lipinski definition) is 3. The average molecular weight is 578 g/mol. The molecule has 0 amide bonds. The van der Waals surface area contributed by atoms with Crippen LogP contribution in [0.3, 0.4) is 0 Å². The number of anilines is 3. The van der Waals surface area contributed by atoms with Crippen molar-refractivity contribution in [2.24, 2.45) is 0 Å². The lowest BCUT2D eigenvalue weighted by Crippen LogP contribution is -2.11. The third-order valence-corrected chi connectivity index (χ3v) is 8.68. The van der Waals surface area contributed by atoms with E-state index in [1.165, 1.54) is 32.7 Å². The maximum absolute atomic E-state index is 6.75. The molecule has 0 aromatic heterocycles. The van der Waals surface area contributed by atoms with Crippen LogP contribution < -0.4 is 14.4 Å². The minimum atomic E-state index is 0.676. The van der Waals surface area contributed by atoms with Gasteiger partial charge in [-0.25, -0.2) is 0 Å². The van der Waals surface area contributed by atoms with Gasteiger partial charge in [0.15, 0.2) is 11.5 Å². The second kappa shape index (κ2) is 10.3. The van der Waals surface area contributed by atoms with Crippen LogP contribution in [0.5, 0.6) is 23.0 Å². The number of hydrogen-bond donors (Lipinski definition) is 0. The Kier molecular flexibility index (Phi) is 5.82. The number of ether oxygens (including phenoxy) is 2. The van der Waals surface area contributed by atoms with Gasteiger partial charge in [0, 0.05) is 11.4 Å². The van der Waals surface area contributed by atoms with Crippen molar-refractivity contribution in [3.8, 4) is 34.1 Å². The van der Waals surface area contributed by atoms with E-state index in [0.717, 1.165) is 39.3 Å². The first kappa shape index (κ1) is 25.4. The highest BCUT2D eigenvalue weighted by atomic mass is 16.5. The van der Waals surface area contributed by atoms with Gasteiger partial charge in [-0.3, -0.25) is 0 Å². The van der Waals surface area contributed by atoms with Crippen LogP contribution in [0, 0.1) is 0 Å². The van der Waals surface area contributed by atoms with Crippen LogP contribution in [0.1, 0.15) is 0 Å². The van der Waals surface area contributed by atoms with Crippen LogP contribution in [0.15, 0.2) is 164 Å². The fourth-order valence-corrected chi connectivity index (χ4v) is 6.62. The zero-order chi connectivity index (χ0) is 29.7. The molecule has 1 aliphatic heterocycles. The first-order valence-corrected chi connectivity index (χ1v) is 15.2. The zero-order valence-corrected chi connectivity index (χ0v) is 24.4. The molecule has 0 aliphatic carbocycles. The summed E-state index contributed by atoms with van der Waals surface area (Å²) in [5, 5.41) is 7.07. The Morgan fingerprint density at radius 2 is 1.00 bits per heavy atom. The molecule has 8 aromatic rings. The van der Waals surface area contributed by atoms with Crippen molar-refractivity contribution >= 4 is 49.4 Å². The van der Waals surface area contributed by atoms with Crippen molar-refractivity contribution in [1.82, 2.24) is 0 Å². The highest BCUT2D eigenvalue weighted by Gasteiger charge is 2.25. The summed E-state index contributed by atoms with van der Waals surface area (Å²) in [7, 11) is 0. The molecular formula is C42H27NO2. The monoisotopic (exact) mass is 577 g/mol. The number of fused-ring (bicyclic) bond motifs is 4. The molecule has 0 saturated heterocycles. The van der Waals surface area contributed by atoms with Gasteiger partial charge in [-0.15, -0.1) is 0 Å². The summed E-state index contributed by atoms with van der Waals surface area (Å²) in [5.74, 6) is 2.92. The summed E-state index contributed by atoms with van der Waals surface area (Å²) >= 11 is 0. The number of benzene rings is 8. The Morgan fingerprint density at radius 3 is 1.80 bits per heavy atom. The van der Waals surface area contributed by atoms with E-state index in [9.17, 15) is 0 Å². The second-order valence-corrected chi connectivity index (χ2v) is 11.3. The predicted octanol–water partition coefficient (Wildman–Crippen LogP) is 12.2. The van der Waals surface area contributed by atoms with Crippen molar-refractivity contribution in [1.29, 1.82) is 0 Å².